The van der Waals surface area contributed by atoms with Gasteiger partial charge in [-0.2, -0.15) is 0 Å². The molecule has 0 radical (unpaired) electrons. The highest BCUT2D eigenvalue weighted by Gasteiger charge is 2.29. The first-order valence-electron chi connectivity index (χ1n) is 8.83. The highest BCUT2D eigenvalue weighted by atomic mass is 16.5. The van der Waals surface area contributed by atoms with Gasteiger partial charge >= 0.3 is 0 Å². The molecule has 0 saturated carbocycles. The molecule has 0 N–H and O–H groups in total. The molecule has 5 heteroatoms. The van der Waals surface area contributed by atoms with Crippen LogP contribution in [0.3, 0.4) is 0 Å². The third kappa shape index (κ3) is 3.71. The first-order valence-corrected chi connectivity index (χ1v) is 8.83. The molecule has 0 spiro atoms. The van der Waals surface area contributed by atoms with E-state index in [9.17, 15) is 4.79 Å². The number of aryl methyl sites for hydroxylation is 1. The molecule has 2 aromatic rings. The number of carbonyl (C=O) groups is 1. The van der Waals surface area contributed by atoms with Crippen LogP contribution >= 0.6 is 0 Å². The summed E-state index contributed by atoms with van der Waals surface area (Å²) < 4.78 is 10.9. The highest BCUT2D eigenvalue weighted by Crippen LogP contribution is 2.29. The van der Waals surface area contributed by atoms with E-state index < -0.39 is 0 Å². The van der Waals surface area contributed by atoms with E-state index in [1.165, 1.54) is 0 Å². The number of furan rings is 1. The summed E-state index contributed by atoms with van der Waals surface area (Å²) in [7, 11) is 0. The fraction of sp³-hybridized carbons (Fsp3) is 0.579. The van der Waals surface area contributed by atoms with Crippen molar-refractivity contribution in [2.45, 2.75) is 53.0 Å². The van der Waals surface area contributed by atoms with Crippen LogP contribution in [0.2, 0.25) is 0 Å². The number of rotatable bonds is 6. The summed E-state index contributed by atoms with van der Waals surface area (Å²) in [6, 6.07) is 3.75. The fourth-order valence-corrected chi connectivity index (χ4v) is 3.15. The van der Waals surface area contributed by atoms with E-state index in [2.05, 4.69) is 25.9 Å². The molecule has 2 aromatic heterocycles. The van der Waals surface area contributed by atoms with Gasteiger partial charge in [-0.15, -0.1) is 0 Å². The Bertz CT molecular complexity index is 673. The van der Waals surface area contributed by atoms with Gasteiger partial charge in [-0.1, -0.05) is 25.9 Å². The number of hydrogen-bond acceptors (Lipinski definition) is 4. The van der Waals surface area contributed by atoms with Crippen LogP contribution in [0.1, 0.15) is 61.2 Å². The Labute approximate surface area is 143 Å². The molecule has 0 bridgehead atoms. The summed E-state index contributed by atoms with van der Waals surface area (Å²) in [5, 5.41) is 4.11. The quantitative estimate of drug-likeness (QED) is 0.800. The molecule has 3 rings (SSSR count). The summed E-state index contributed by atoms with van der Waals surface area (Å²) >= 11 is 0. The number of amides is 1. The lowest BCUT2D eigenvalue weighted by atomic mass is 9.88. The number of hydrogen-bond donors (Lipinski definition) is 0. The van der Waals surface area contributed by atoms with Gasteiger partial charge in [-0.05, 0) is 43.2 Å². The van der Waals surface area contributed by atoms with E-state index >= 15 is 0 Å². The van der Waals surface area contributed by atoms with Crippen LogP contribution in [0.15, 0.2) is 27.3 Å². The Kier molecular flexibility index (Phi) is 5.07. The Morgan fingerprint density at radius 2 is 2.29 bits per heavy atom. The lowest BCUT2D eigenvalue weighted by molar-refractivity contribution is 0.0712. The second kappa shape index (κ2) is 7.24. The largest absolute Gasteiger partial charge is 0.467 e. The minimum absolute atomic E-state index is 0.0499. The second-order valence-electron chi connectivity index (χ2n) is 7.27. The molecule has 0 fully saturated rings. The van der Waals surface area contributed by atoms with E-state index in [4.69, 9.17) is 8.94 Å². The first kappa shape index (κ1) is 16.8. The van der Waals surface area contributed by atoms with Crippen LogP contribution in [0.25, 0.3) is 0 Å². The summed E-state index contributed by atoms with van der Waals surface area (Å²) in [5.74, 6) is 2.73. The molecule has 130 valence electrons. The standard InChI is InChI=1S/C19H26N2O3/c1-13(2)8-9-21(12-15-5-4-10-23-15)19(22)18-16-11-14(3)6-7-17(16)24-20-18/h4-5,10,13-14H,6-9,11-12H2,1-3H3/t14-/m0/s1. The normalized spacial score (nSPS) is 17.1. The van der Waals surface area contributed by atoms with Gasteiger partial charge in [0.15, 0.2) is 5.69 Å². The van der Waals surface area contributed by atoms with Crippen LogP contribution in [-0.4, -0.2) is 22.5 Å². The molecular weight excluding hydrogens is 304 g/mol. The smallest absolute Gasteiger partial charge is 0.276 e. The Balaban J connectivity index is 1.81. The Morgan fingerprint density at radius 1 is 1.46 bits per heavy atom. The van der Waals surface area contributed by atoms with Crippen LogP contribution in [0, 0.1) is 11.8 Å². The van der Waals surface area contributed by atoms with Gasteiger partial charge in [0.2, 0.25) is 0 Å². The van der Waals surface area contributed by atoms with Crippen molar-refractivity contribution in [3.63, 3.8) is 0 Å². The van der Waals surface area contributed by atoms with Gasteiger partial charge in [0.25, 0.3) is 5.91 Å². The molecule has 0 saturated heterocycles. The van der Waals surface area contributed by atoms with Gasteiger partial charge < -0.3 is 13.8 Å². The average Bonchev–Trinajstić information content (AvgIpc) is 3.19. The number of carbonyl (C=O) groups excluding carboxylic acids is 1. The maximum absolute atomic E-state index is 13.1. The Morgan fingerprint density at radius 3 is 3.00 bits per heavy atom. The topological polar surface area (TPSA) is 59.5 Å². The van der Waals surface area contributed by atoms with E-state index in [-0.39, 0.29) is 5.91 Å². The third-order valence-corrected chi connectivity index (χ3v) is 4.68. The van der Waals surface area contributed by atoms with Crippen LogP contribution in [0.5, 0.6) is 0 Å². The summed E-state index contributed by atoms with van der Waals surface area (Å²) in [6.07, 6.45) is 5.43. The zero-order valence-electron chi connectivity index (χ0n) is 14.7. The van der Waals surface area contributed by atoms with Gasteiger partial charge in [0.05, 0.1) is 12.8 Å². The van der Waals surface area contributed by atoms with Crippen molar-refractivity contribution in [2.75, 3.05) is 6.54 Å². The third-order valence-electron chi connectivity index (χ3n) is 4.68. The molecule has 1 aliphatic carbocycles. The summed E-state index contributed by atoms with van der Waals surface area (Å²) in [5.41, 5.74) is 1.50. The maximum Gasteiger partial charge on any atom is 0.276 e. The summed E-state index contributed by atoms with van der Waals surface area (Å²) in [6.45, 7) is 7.69. The fourth-order valence-electron chi connectivity index (χ4n) is 3.15. The first-order chi connectivity index (χ1) is 11.5. The molecule has 2 heterocycles. The predicted octanol–water partition coefficient (Wildman–Crippen LogP) is 4.08. The maximum atomic E-state index is 13.1. The molecule has 5 nitrogen and oxygen atoms in total. The summed E-state index contributed by atoms with van der Waals surface area (Å²) in [4.78, 5) is 14.9. The van der Waals surface area contributed by atoms with E-state index in [1.807, 2.05) is 17.0 Å². The van der Waals surface area contributed by atoms with Crippen LogP contribution in [0.4, 0.5) is 0 Å². The van der Waals surface area contributed by atoms with Crippen molar-refractivity contribution in [2.24, 2.45) is 11.8 Å². The Hall–Kier alpha value is -2.04. The number of aromatic nitrogens is 1. The minimum Gasteiger partial charge on any atom is -0.467 e. The lowest BCUT2D eigenvalue weighted by Gasteiger charge is -2.23. The van der Waals surface area contributed by atoms with Crippen molar-refractivity contribution < 1.29 is 13.7 Å². The van der Waals surface area contributed by atoms with Crippen molar-refractivity contribution in [3.8, 4) is 0 Å². The second-order valence-corrected chi connectivity index (χ2v) is 7.27. The molecule has 24 heavy (non-hydrogen) atoms. The minimum atomic E-state index is -0.0499. The SMILES string of the molecule is CC(C)CCN(Cc1ccco1)C(=O)c1noc2c1C[C@@H](C)CC2. The van der Waals surface area contributed by atoms with Crippen molar-refractivity contribution in [1.29, 1.82) is 0 Å². The van der Waals surface area contributed by atoms with Crippen molar-refractivity contribution >= 4 is 5.91 Å². The molecule has 1 aliphatic rings. The zero-order valence-corrected chi connectivity index (χ0v) is 14.7. The molecule has 0 aliphatic heterocycles. The lowest BCUT2D eigenvalue weighted by Crippen LogP contribution is -2.33. The number of fused-ring (bicyclic) bond motifs is 1. The molecule has 0 aromatic carbocycles. The van der Waals surface area contributed by atoms with Gasteiger partial charge in [0, 0.05) is 18.5 Å². The van der Waals surface area contributed by atoms with Crippen molar-refractivity contribution in [3.05, 3.63) is 41.2 Å². The average molecular weight is 330 g/mol. The molecule has 1 atom stereocenters. The van der Waals surface area contributed by atoms with Gasteiger partial charge in [0.1, 0.15) is 11.5 Å². The van der Waals surface area contributed by atoms with E-state index in [0.29, 0.717) is 30.6 Å². The molecular formula is C19H26N2O3. The van der Waals surface area contributed by atoms with Gasteiger partial charge in [-0.3, -0.25) is 4.79 Å². The van der Waals surface area contributed by atoms with Gasteiger partial charge in [-0.25, -0.2) is 0 Å². The monoisotopic (exact) mass is 330 g/mol. The van der Waals surface area contributed by atoms with Crippen LogP contribution < -0.4 is 0 Å². The zero-order chi connectivity index (χ0) is 17.1. The highest BCUT2D eigenvalue weighted by molar-refractivity contribution is 5.93. The van der Waals surface area contributed by atoms with Crippen LogP contribution in [-0.2, 0) is 19.4 Å². The number of nitrogens with zero attached hydrogens (tertiary/aromatic N) is 2. The molecule has 1 amide bonds. The molecule has 0 unspecified atom stereocenters. The van der Waals surface area contributed by atoms with Crippen molar-refractivity contribution in [1.82, 2.24) is 10.1 Å². The van der Waals surface area contributed by atoms with E-state index in [0.717, 1.165) is 42.8 Å². The predicted molar refractivity (Wildman–Crippen MR) is 90.6 cm³/mol. The van der Waals surface area contributed by atoms with E-state index in [1.54, 1.807) is 6.26 Å².